The van der Waals surface area contributed by atoms with Gasteiger partial charge >= 0.3 is 0 Å². The summed E-state index contributed by atoms with van der Waals surface area (Å²) in [7, 11) is 4.68. The van der Waals surface area contributed by atoms with Crippen molar-refractivity contribution in [1.82, 2.24) is 10.2 Å². The topological polar surface area (TPSA) is 77.1 Å². The van der Waals surface area contributed by atoms with E-state index in [-0.39, 0.29) is 24.3 Å². The molecule has 1 aliphatic carbocycles. The molecule has 1 heterocycles. The Morgan fingerprint density at radius 3 is 2.24 bits per heavy atom. The number of nitrogens with zero attached hydrogens (tertiary/aromatic N) is 1. The molecule has 0 bridgehead atoms. The highest BCUT2D eigenvalue weighted by Gasteiger charge is 2.35. The Bertz CT molecular complexity index is 1000. The first-order valence-corrected chi connectivity index (χ1v) is 12.0. The first kappa shape index (κ1) is 23.9. The Balaban J connectivity index is 1.66. The monoisotopic (exact) mass is 466 g/mol. The molecule has 2 aliphatic rings. The number of fused-ring (bicyclic) bond motifs is 1. The maximum Gasteiger partial charge on any atom is 0.255 e. The molecule has 34 heavy (non-hydrogen) atoms. The highest BCUT2D eigenvalue weighted by Crippen LogP contribution is 2.43. The maximum absolute atomic E-state index is 13.4. The van der Waals surface area contributed by atoms with Crippen molar-refractivity contribution in [1.29, 1.82) is 0 Å². The highest BCUT2D eigenvalue weighted by atomic mass is 16.5. The zero-order valence-electron chi connectivity index (χ0n) is 20.3. The maximum atomic E-state index is 13.4. The Hall–Kier alpha value is -3.22. The molecule has 1 unspecified atom stereocenters. The number of hydrogen-bond donors (Lipinski definition) is 1. The van der Waals surface area contributed by atoms with Crippen LogP contribution in [0.4, 0.5) is 0 Å². The molecule has 1 atom stereocenters. The van der Waals surface area contributed by atoms with E-state index in [1.54, 1.807) is 26.2 Å². The molecule has 0 radical (unpaired) electrons. The Morgan fingerprint density at radius 1 is 1.00 bits per heavy atom. The minimum absolute atomic E-state index is 0.0468. The van der Waals surface area contributed by atoms with E-state index in [4.69, 9.17) is 14.2 Å². The third-order valence-corrected chi connectivity index (χ3v) is 6.90. The molecule has 182 valence electrons. The number of benzene rings is 2. The molecule has 1 aliphatic heterocycles. The zero-order valence-corrected chi connectivity index (χ0v) is 20.3. The standard InChI is InChI=1S/C27H34N2O5/c1-32-23-14-19(15-24(33-2)26(23)34-3)22(16-25(30)28-20-11-6-4-5-7-12-20)29-17-18-10-8-9-13-21(18)27(29)31/h8-10,13-15,20,22H,4-7,11-12,16-17H2,1-3H3,(H,28,30). The summed E-state index contributed by atoms with van der Waals surface area (Å²) >= 11 is 0. The predicted molar refractivity (Wildman–Crippen MR) is 129 cm³/mol. The SMILES string of the molecule is COc1cc(C(CC(=O)NC2CCCCCC2)N2Cc3ccccc3C2=O)cc(OC)c1OC. The number of hydrogen-bond acceptors (Lipinski definition) is 5. The Morgan fingerprint density at radius 2 is 1.65 bits per heavy atom. The fraction of sp³-hybridized carbons (Fsp3) is 0.481. The lowest BCUT2D eigenvalue weighted by Crippen LogP contribution is -2.38. The largest absolute Gasteiger partial charge is 0.493 e. The van der Waals surface area contributed by atoms with Crippen LogP contribution in [-0.4, -0.2) is 44.1 Å². The van der Waals surface area contributed by atoms with Gasteiger partial charge in [-0.25, -0.2) is 0 Å². The van der Waals surface area contributed by atoms with Crippen molar-refractivity contribution in [3.8, 4) is 17.2 Å². The summed E-state index contributed by atoms with van der Waals surface area (Å²) in [4.78, 5) is 28.4. The lowest BCUT2D eigenvalue weighted by molar-refractivity contribution is -0.123. The van der Waals surface area contributed by atoms with Gasteiger partial charge in [0.05, 0.1) is 33.8 Å². The summed E-state index contributed by atoms with van der Waals surface area (Å²) in [5, 5.41) is 3.23. The van der Waals surface area contributed by atoms with Crippen molar-refractivity contribution in [3.63, 3.8) is 0 Å². The summed E-state index contributed by atoms with van der Waals surface area (Å²) in [6.45, 7) is 0.451. The van der Waals surface area contributed by atoms with Gasteiger partial charge in [-0.15, -0.1) is 0 Å². The van der Waals surface area contributed by atoms with Crippen molar-refractivity contribution in [2.75, 3.05) is 21.3 Å². The lowest BCUT2D eigenvalue weighted by Gasteiger charge is -2.29. The molecule has 1 N–H and O–H groups in total. The average Bonchev–Trinajstić information content (AvgIpc) is 3.00. The van der Waals surface area contributed by atoms with Gasteiger partial charge in [0.1, 0.15) is 0 Å². The van der Waals surface area contributed by atoms with E-state index >= 15 is 0 Å². The second-order valence-electron chi connectivity index (χ2n) is 9.02. The van der Waals surface area contributed by atoms with Crippen LogP contribution in [0.25, 0.3) is 0 Å². The lowest BCUT2D eigenvalue weighted by atomic mass is 9.99. The highest BCUT2D eigenvalue weighted by molar-refractivity contribution is 5.99. The first-order chi connectivity index (χ1) is 16.5. The van der Waals surface area contributed by atoms with Crippen LogP contribution in [0.15, 0.2) is 36.4 Å². The van der Waals surface area contributed by atoms with Gasteiger partial charge in [-0.1, -0.05) is 43.9 Å². The number of amides is 2. The van der Waals surface area contributed by atoms with E-state index in [1.807, 2.05) is 36.4 Å². The van der Waals surface area contributed by atoms with E-state index < -0.39 is 6.04 Å². The summed E-state index contributed by atoms with van der Waals surface area (Å²) < 4.78 is 16.6. The van der Waals surface area contributed by atoms with Crippen LogP contribution in [0.1, 0.15) is 72.5 Å². The number of ether oxygens (including phenoxy) is 3. The number of carbonyl (C=O) groups is 2. The molecule has 0 spiro atoms. The van der Waals surface area contributed by atoms with Gasteiger partial charge in [-0.3, -0.25) is 9.59 Å². The Labute approximate surface area is 201 Å². The van der Waals surface area contributed by atoms with Crippen molar-refractivity contribution < 1.29 is 23.8 Å². The van der Waals surface area contributed by atoms with Gasteiger partial charge in [0.2, 0.25) is 11.7 Å². The van der Waals surface area contributed by atoms with Gasteiger partial charge in [0.25, 0.3) is 5.91 Å². The molecular weight excluding hydrogens is 432 g/mol. The van der Waals surface area contributed by atoms with E-state index in [0.717, 1.165) is 36.8 Å². The van der Waals surface area contributed by atoms with Gasteiger partial charge in [-0.2, -0.15) is 0 Å². The van der Waals surface area contributed by atoms with Crippen LogP contribution >= 0.6 is 0 Å². The number of nitrogens with one attached hydrogen (secondary N) is 1. The van der Waals surface area contributed by atoms with Gasteiger partial charge in [0, 0.05) is 18.2 Å². The molecule has 2 amide bonds. The smallest absolute Gasteiger partial charge is 0.255 e. The zero-order chi connectivity index (χ0) is 24.1. The van der Waals surface area contributed by atoms with Gasteiger partial charge < -0.3 is 24.4 Å². The van der Waals surface area contributed by atoms with Crippen LogP contribution in [0.3, 0.4) is 0 Å². The molecule has 0 saturated heterocycles. The van der Waals surface area contributed by atoms with E-state index in [1.165, 1.54) is 12.8 Å². The van der Waals surface area contributed by atoms with Crippen molar-refractivity contribution in [2.24, 2.45) is 0 Å². The van der Waals surface area contributed by atoms with E-state index in [9.17, 15) is 9.59 Å². The molecule has 4 rings (SSSR count). The van der Waals surface area contributed by atoms with E-state index in [0.29, 0.717) is 29.4 Å². The van der Waals surface area contributed by atoms with Gasteiger partial charge in [0.15, 0.2) is 11.5 Å². The van der Waals surface area contributed by atoms with Crippen molar-refractivity contribution in [3.05, 3.63) is 53.1 Å². The molecular formula is C27H34N2O5. The summed E-state index contributed by atoms with van der Waals surface area (Å²) in [5.74, 6) is 1.35. The second kappa shape index (κ2) is 10.8. The molecule has 2 aromatic carbocycles. The van der Waals surface area contributed by atoms with E-state index in [2.05, 4.69) is 5.32 Å². The summed E-state index contributed by atoms with van der Waals surface area (Å²) in [6.07, 6.45) is 6.91. The van der Waals surface area contributed by atoms with Crippen LogP contribution < -0.4 is 19.5 Å². The van der Waals surface area contributed by atoms with Crippen molar-refractivity contribution >= 4 is 11.8 Å². The minimum Gasteiger partial charge on any atom is -0.493 e. The minimum atomic E-state index is -0.473. The van der Waals surface area contributed by atoms with Crippen LogP contribution in [0, 0.1) is 0 Å². The summed E-state index contributed by atoms with van der Waals surface area (Å²) in [5.41, 5.74) is 2.42. The van der Waals surface area contributed by atoms with Crippen molar-refractivity contribution in [2.45, 2.75) is 63.6 Å². The molecule has 2 aromatic rings. The van der Waals surface area contributed by atoms with Gasteiger partial charge in [-0.05, 0) is 42.2 Å². The summed E-state index contributed by atoms with van der Waals surface area (Å²) in [6, 6.07) is 11.0. The quantitative estimate of drug-likeness (QED) is 0.574. The van der Waals surface area contributed by atoms with Crippen LogP contribution in [-0.2, 0) is 11.3 Å². The third kappa shape index (κ3) is 4.98. The molecule has 7 nitrogen and oxygen atoms in total. The fourth-order valence-corrected chi connectivity index (χ4v) is 5.12. The molecule has 7 heteroatoms. The number of methoxy groups -OCH3 is 3. The Kier molecular flexibility index (Phi) is 7.60. The van der Waals surface area contributed by atoms with Crippen LogP contribution in [0.2, 0.25) is 0 Å². The average molecular weight is 467 g/mol. The number of carbonyl (C=O) groups excluding carboxylic acids is 2. The molecule has 0 aromatic heterocycles. The second-order valence-corrected chi connectivity index (χ2v) is 9.02. The predicted octanol–water partition coefficient (Wildman–Crippen LogP) is 4.64. The van der Waals surface area contributed by atoms with Crippen LogP contribution in [0.5, 0.6) is 17.2 Å². The fourth-order valence-electron chi connectivity index (χ4n) is 5.12. The third-order valence-electron chi connectivity index (χ3n) is 6.90. The number of rotatable bonds is 8. The first-order valence-electron chi connectivity index (χ1n) is 12.0. The molecule has 1 fully saturated rings. The molecule has 1 saturated carbocycles. The normalized spacial score (nSPS) is 17.0.